The summed E-state index contributed by atoms with van der Waals surface area (Å²) < 4.78 is 23.4. The Morgan fingerprint density at radius 1 is 1.26 bits per heavy atom. The number of nitrogens with zero attached hydrogens (tertiary/aromatic N) is 3. The monoisotopic (exact) mass is 458 g/mol. The first kappa shape index (κ1) is 21.7. The van der Waals surface area contributed by atoms with Gasteiger partial charge < -0.3 is 10.2 Å². The van der Waals surface area contributed by atoms with Crippen LogP contribution in [0.3, 0.4) is 0 Å². The molecule has 2 aromatic heterocycles. The fraction of sp³-hybridized carbons (Fsp3) is 0.409. The van der Waals surface area contributed by atoms with Crippen molar-refractivity contribution < 1.29 is 13.2 Å². The number of aryl methyl sites for hydroxylation is 1. The van der Waals surface area contributed by atoms with Crippen LogP contribution >= 0.6 is 11.3 Å². The number of thiophene rings is 1. The Bertz CT molecular complexity index is 1190. The number of anilines is 1. The van der Waals surface area contributed by atoms with E-state index in [0.717, 1.165) is 22.2 Å². The molecule has 0 saturated carbocycles. The highest BCUT2D eigenvalue weighted by Gasteiger charge is 2.28. The molecule has 1 aliphatic heterocycles. The zero-order valence-electron chi connectivity index (χ0n) is 17.7. The third-order valence-corrected chi connectivity index (χ3v) is 8.76. The van der Waals surface area contributed by atoms with E-state index in [1.807, 2.05) is 32.2 Å². The number of carbonyl (C=O) groups is 1. The van der Waals surface area contributed by atoms with Crippen molar-refractivity contribution in [2.45, 2.75) is 19.8 Å². The normalized spacial score (nSPS) is 17.7. The molecule has 7 nitrogen and oxygen atoms in total. The van der Waals surface area contributed by atoms with Gasteiger partial charge in [-0.15, -0.1) is 11.3 Å². The summed E-state index contributed by atoms with van der Waals surface area (Å²) in [5, 5.41) is 4.14. The van der Waals surface area contributed by atoms with Crippen molar-refractivity contribution in [3.63, 3.8) is 0 Å². The van der Waals surface area contributed by atoms with E-state index >= 15 is 0 Å². The Hall–Kier alpha value is -2.52. The highest BCUT2D eigenvalue weighted by atomic mass is 32.2. The van der Waals surface area contributed by atoms with Gasteiger partial charge in [-0.3, -0.25) is 4.79 Å². The topological polar surface area (TPSA) is 92.3 Å². The number of hydrogen-bond acceptors (Lipinski definition) is 7. The maximum Gasteiger partial charge on any atom is 0.264 e. The fourth-order valence-corrected chi connectivity index (χ4v) is 6.91. The molecule has 0 spiro atoms. The number of nitrogens with one attached hydrogen (secondary N) is 1. The van der Waals surface area contributed by atoms with Crippen molar-refractivity contribution in [2.24, 2.45) is 5.92 Å². The molecule has 0 aliphatic carbocycles. The Morgan fingerprint density at radius 2 is 2.03 bits per heavy atom. The van der Waals surface area contributed by atoms with Crippen molar-refractivity contribution in [3.8, 4) is 0 Å². The summed E-state index contributed by atoms with van der Waals surface area (Å²) in [6.45, 7) is 3.09. The number of aromatic nitrogens is 2. The van der Waals surface area contributed by atoms with Crippen molar-refractivity contribution in [3.05, 3.63) is 52.7 Å². The molecule has 1 unspecified atom stereocenters. The first-order valence-corrected chi connectivity index (χ1v) is 13.0. The summed E-state index contributed by atoms with van der Waals surface area (Å²) in [5.74, 6) is 1.19. The van der Waals surface area contributed by atoms with Crippen LogP contribution in [0, 0.1) is 12.8 Å². The van der Waals surface area contributed by atoms with Crippen LogP contribution < -0.4 is 5.32 Å². The lowest BCUT2D eigenvalue weighted by molar-refractivity contribution is 0.0801. The molecule has 31 heavy (non-hydrogen) atoms. The van der Waals surface area contributed by atoms with E-state index in [1.165, 1.54) is 23.2 Å². The van der Waals surface area contributed by atoms with E-state index in [-0.39, 0.29) is 23.3 Å². The van der Waals surface area contributed by atoms with Crippen LogP contribution in [0.15, 0.2) is 36.7 Å². The molecule has 1 fully saturated rings. The first-order chi connectivity index (χ1) is 14.8. The molecule has 3 heterocycles. The van der Waals surface area contributed by atoms with Crippen LogP contribution in [-0.2, 0) is 16.3 Å². The lowest BCUT2D eigenvalue weighted by Gasteiger charge is -2.17. The second kappa shape index (κ2) is 8.92. The Kier molecular flexibility index (Phi) is 6.24. The third kappa shape index (κ3) is 4.88. The van der Waals surface area contributed by atoms with Gasteiger partial charge in [-0.25, -0.2) is 18.4 Å². The third-order valence-electron chi connectivity index (χ3n) is 5.73. The number of likely N-dealkylation sites (N-methyl/N-ethyl adjacent to an activating group) is 1. The predicted molar refractivity (Wildman–Crippen MR) is 125 cm³/mol. The molecular weight excluding hydrogens is 432 g/mol. The van der Waals surface area contributed by atoms with Crippen LogP contribution in [0.1, 0.15) is 27.2 Å². The zero-order valence-corrected chi connectivity index (χ0v) is 19.3. The molecule has 0 bridgehead atoms. The maximum absolute atomic E-state index is 13.1. The second-order valence-corrected chi connectivity index (χ2v) is 11.3. The molecule has 0 radical (unpaired) electrons. The van der Waals surface area contributed by atoms with Crippen LogP contribution in [0.2, 0.25) is 0 Å². The Morgan fingerprint density at radius 3 is 2.74 bits per heavy atom. The van der Waals surface area contributed by atoms with Crippen LogP contribution in [0.5, 0.6) is 0 Å². The van der Waals surface area contributed by atoms with Crippen molar-refractivity contribution in [1.29, 1.82) is 0 Å². The highest BCUT2D eigenvalue weighted by molar-refractivity contribution is 7.91. The fourth-order valence-electron chi connectivity index (χ4n) is 3.90. The number of carbonyl (C=O) groups excluding carboxylic acids is 1. The summed E-state index contributed by atoms with van der Waals surface area (Å²) in [6, 6.07) is 10.1. The molecule has 4 rings (SSSR count). The molecule has 164 valence electrons. The van der Waals surface area contributed by atoms with Crippen LogP contribution in [0.25, 0.3) is 10.2 Å². The second-order valence-electron chi connectivity index (χ2n) is 8.07. The lowest BCUT2D eigenvalue weighted by atomic mass is 10.1. The number of benzene rings is 1. The molecule has 1 N–H and O–H groups in total. The minimum Gasteiger partial charge on any atom is -0.369 e. The number of rotatable bonds is 7. The van der Waals surface area contributed by atoms with Crippen molar-refractivity contribution >= 4 is 43.1 Å². The van der Waals surface area contributed by atoms with Crippen LogP contribution in [0.4, 0.5) is 5.82 Å². The molecule has 1 aliphatic rings. The van der Waals surface area contributed by atoms with Gasteiger partial charge in [0.2, 0.25) is 0 Å². The van der Waals surface area contributed by atoms with Crippen molar-refractivity contribution in [1.82, 2.24) is 14.9 Å². The number of amides is 1. The summed E-state index contributed by atoms with van der Waals surface area (Å²) in [5.41, 5.74) is 2.06. The summed E-state index contributed by atoms with van der Waals surface area (Å²) in [4.78, 5) is 25.0. The molecule has 1 atom stereocenters. The Labute approximate surface area is 186 Å². The SMILES string of the molecule is Cc1c(C(=O)N(C)CCc2ccccc2)sc2ncnc(NCC3CCS(=O)(=O)C3)c12. The van der Waals surface area contributed by atoms with E-state index in [4.69, 9.17) is 0 Å². The summed E-state index contributed by atoms with van der Waals surface area (Å²) >= 11 is 1.38. The highest BCUT2D eigenvalue weighted by Crippen LogP contribution is 2.34. The predicted octanol–water partition coefficient (Wildman–Crippen LogP) is 3.16. The first-order valence-electron chi connectivity index (χ1n) is 10.3. The van der Waals surface area contributed by atoms with Crippen molar-refractivity contribution in [2.75, 3.05) is 37.0 Å². The van der Waals surface area contributed by atoms with E-state index in [9.17, 15) is 13.2 Å². The minimum absolute atomic E-state index is 0.0238. The van der Waals surface area contributed by atoms with Gasteiger partial charge in [0.15, 0.2) is 9.84 Å². The molecule has 1 amide bonds. The number of sulfone groups is 1. The zero-order chi connectivity index (χ0) is 22.0. The van der Waals surface area contributed by atoms with E-state index < -0.39 is 9.84 Å². The minimum atomic E-state index is -2.91. The molecule has 3 aromatic rings. The molecule has 1 aromatic carbocycles. The van der Waals surface area contributed by atoms with Gasteiger partial charge in [-0.2, -0.15) is 0 Å². The average molecular weight is 459 g/mol. The smallest absolute Gasteiger partial charge is 0.264 e. The number of hydrogen-bond donors (Lipinski definition) is 1. The standard InChI is InChI=1S/C22H26N4O3S2/c1-15-18-20(23-12-17-9-11-31(28,29)13-17)24-14-25-21(18)30-19(15)22(27)26(2)10-8-16-6-4-3-5-7-16/h3-7,14,17H,8-13H2,1-2H3,(H,23,24,25). The molecule has 9 heteroatoms. The van der Waals surface area contributed by atoms with E-state index in [0.29, 0.717) is 30.2 Å². The van der Waals surface area contributed by atoms with Gasteiger partial charge in [-0.1, -0.05) is 30.3 Å². The van der Waals surface area contributed by atoms with Gasteiger partial charge >= 0.3 is 0 Å². The quantitative estimate of drug-likeness (QED) is 0.585. The molecule has 1 saturated heterocycles. The maximum atomic E-state index is 13.1. The van der Waals surface area contributed by atoms with E-state index in [1.54, 1.807) is 4.90 Å². The average Bonchev–Trinajstić information content (AvgIpc) is 3.29. The summed E-state index contributed by atoms with van der Waals surface area (Å²) in [6.07, 6.45) is 2.95. The lowest BCUT2D eigenvalue weighted by Crippen LogP contribution is -2.28. The van der Waals surface area contributed by atoms with Crippen LogP contribution in [-0.4, -0.2) is 60.8 Å². The summed E-state index contributed by atoms with van der Waals surface area (Å²) in [7, 11) is -1.09. The number of fused-ring (bicyclic) bond motifs is 1. The molecular formula is C22H26N4O3S2. The largest absolute Gasteiger partial charge is 0.369 e. The van der Waals surface area contributed by atoms with Gasteiger partial charge in [0, 0.05) is 20.1 Å². The van der Waals surface area contributed by atoms with Gasteiger partial charge in [-0.05, 0) is 36.8 Å². The van der Waals surface area contributed by atoms with Gasteiger partial charge in [0.1, 0.15) is 17.0 Å². The Balaban J connectivity index is 1.49. The van der Waals surface area contributed by atoms with Gasteiger partial charge in [0.25, 0.3) is 5.91 Å². The van der Waals surface area contributed by atoms with E-state index in [2.05, 4.69) is 27.4 Å². The van der Waals surface area contributed by atoms with Gasteiger partial charge in [0.05, 0.1) is 21.8 Å².